The van der Waals surface area contributed by atoms with Crippen LogP contribution in [0.3, 0.4) is 0 Å². The Labute approximate surface area is 200 Å². The summed E-state index contributed by atoms with van der Waals surface area (Å²) in [6.07, 6.45) is 0. The molecule has 1 aliphatic heterocycles. The first-order valence-corrected chi connectivity index (χ1v) is 10.7. The minimum absolute atomic E-state index is 0.0764. The molecule has 0 saturated heterocycles. The van der Waals surface area contributed by atoms with Gasteiger partial charge in [-0.05, 0) is 61.4 Å². The van der Waals surface area contributed by atoms with Crippen molar-refractivity contribution in [3.63, 3.8) is 0 Å². The molecule has 0 fully saturated rings. The van der Waals surface area contributed by atoms with E-state index in [2.05, 4.69) is 5.32 Å². The summed E-state index contributed by atoms with van der Waals surface area (Å²) < 4.78 is 5.55. The van der Waals surface area contributed by atoms with Crippen molar-refractivity contribution < 1.29 is 19.1 Å². The second-order valence-electron chi connectivity index (χ2n) is 7.40. The monoisotopic (exact) mass is 480 g/mol. The van der Waals surface area contributed by atoms with E-state index in [0.717, 1.165) is 16.0 Å². The van der Waals surface area contributed by atoms with Gasteiger partial charge in [-0.3, -0.25) is 9.59 Å². The minimum atomic E-state index is -0.675. The number of hydrogen-bond donors (Lipinski definition) is 1. The van der Waals surface area contributed by atoms with Gasteiger partial charge in [-0.15, -0.1) is 0 Å². The molecular formula is C25H18Cl2N2O4. The highest BCUT2D eigenvalue weighted by atomic mass is 35.5. The van der Waals surface area contributed by atoms with Crippen molar-refractivity contribution in [1.82, 2.24) is 0 Å². The number of amides is 2. The number of aryl methyl sites for hydroxylation is 2. The van der Waals surface area contributed by atoms with Crippen molar-refractivity contribution in [1.29, 1.82) is 0 Å². The molecule has 1 heterocycles. The second-order valence-corrected chi connectivity index (χ2v) is 8.18. The summed E-state index contributed by atoms with van der Waals surface area (Å²) in [4.78, 5) is 39.0. The molecule has 0 atom stereocenters. The van der Waals surface area contributed by atoms with Gasteiger partial charge in [0.15, 0.2) is 0 Å². The van der Waals surface area contributed by atoms with Crippen LogP contribution in [0.4, 0.5) is 11.4 Å². The lowest BCUT2D eigenvalue weighted by molar-refractivity contribution is -0.120. The first-order chi connectivity index (χ1) is 15.8. The lowest BCUT2D eigenvalue weighted by atomic mass is 10.1. The Balaban J connectivity index is 1.51. The molecule has 0 saturated carbocycles. The van der Waals surface area contributed by atoms with Gasteiger partial charge in [-0.2, -0.15) is 0 Å². The summed E-state index contributed by atoms with van der Waals surface area (Å²) >= 11 is 12.3. The van der Waals surface area contributed by atoms with Crippen LogP contribution in [0.5, 0.6) is 5.75 Å². The minimum Gasteiger partial charge on any atom is -0.422 e. The SMILES string of the molecule is Cc1cccc(C)c1OC(=O)c1ccc(NC2=C(Cl)C(=O)N(c3ccccc3Cl)C2=O)cc1. The zero-order chi connectivity index (χ0) is 23.7. The van der Waals surface area contributed by atoms with E-state index in [9.17, 15) is 14.4 Å². The number of para-hydroxylation sites is 2. The number of carbonyl (C=O) groups is 3. The molecule has 0 unspecified atom stereocenters. The molecule has 33 heavy (non-hydrogen) atoms. The number of imide groups is 1. The van der Waals surface area contributed by atoms with Crippen molar-refractivity contribution in [3.05, 3.63) is 99.2 Å². The Morgan fingerprint density at radius 1 is 0.848 bits per heavy atom. The van der Waals surface area contributed by atoms with Gasteiger partial charge in [0.05, 0.1) is 16.3 Å². The van der Waals surface area contributed by atoms with Gasteiger partial charge in [0, 0.05) is 5.69 Å². The maximum Gasteiger partial charge on any atom is 0.343 e. The van der Waals surface area contributed by atoms with Crippen molar-refractivity contribution in [2.45, 2.75) is 13.8 Å². The third-order valence-electron chi connectivity index (χ3n) is 5.11. The molecule has 1 aliphatic rings. The highest BCUT2D eigenvalue weighted by Gasteiger charge is 2.39. The van der Waals surface area contributed by atoms with Gasteiger partial charge < -0.3 is 10.1 Å². The Hall–Kier alpha value is -3.61. The van der Waals surface area contributed by atoms with Crippen LogP contribution >= 0.6 is 23.2 Å². The van der Waals surface area contributed by atoms with Gasteiger partial charge in [0.1, 0.15) is 16.5 Å². The van der Waals surface area contributed by atoms with Crippen LogP contribution in [-0.4, -0.2) is 17.8 Å². The van der Waals surface area contributed by atoms with Crippen LogP contribution in [0, 0.1) is 13.8 Å². The molecule has 3 aromatic carbocycles. The van der Waals surface area contributed by atoms with Gasteiger partial charge in [0.2, 0.25) is 0 Å². The zero-order valence-corrected chi connectivity index (χ0v) is 19.2. The molecule has 3 aromatic rings. The van der Waals surface area contributed by atoms with E-state index >= 15 is 0 Å². The van der Waals surface area contributed by atoms with Crippen molar-refractivity contribution in [2.75, 3.05) is 10.2 Å². The number of nitrogens with zero attached hydrogens (tertiary/aromatic N) is 1. The molecule has 0 bridgehead atoms. The maximum absolute atomic E-state index is 12.9. The van der Waals surface area contributed by atoms with Crippen LogP contribution in [0.2, 0.25) is 5.02 Å². The van der Waals surface area contributed by atoms with Crippen molar-refractivity contribution in [2.24, 2.45) is 0 Å². The lowest BCUT2D eigenvalue weighted by Crippen LogP contribution is -2.32. The summed E-state index contributed by atoms with van der Waals surface area (Å²) in [5.41, 5.74) is 2.68. The largest absolute Gasteiger partial charge is 0.422 e. The number of esters is 1. The Bertz CT molecular complexity index is 1300. The van der Waals surface area contributed by atoms with Crippen LogP contribution in [0.15, 0.2) is 77.5 Å². The number of ether oxygens (including phenoxy) is 1. The van der Waals surface area contributed by atoms with Crippen molar-refractivity contribution >= 4 is 52.4 Å². The number of halogens is 2. The number of anilines is 2. The summed E-state index contributed by atoms with van der Waals surface area (Å²) in [7, 11) is 0. The molecule has 0 aliphatic carbocycles. The lowest BCUT2D eigenvalue weighted by Gasteiger charge is -2.16. The van der Waals surface area contributed by atoms with E-state index in [4.69, 9.17) is 27.9 Å². The average Bonchev–Trinajstić information content (AvgIpc) is 3.00. The molecule has 0 radical (unpaired) electrons. The molecular weight excluding hydrogens is 463 g/mol. The summed E-state index contributed by atoms with van der Waals surface area (Å²) in [5, 5.41) is 2.86. The quantitative estimate of drug-likeness (QED) is 0.291. The van der Waals surface area contributed by atoms with Gasteiger partial charge in [0.25, 0.3) is 11.8 Å². The predicted octanol–water partition coefficient (Wildman–Crippen LogP) is 5.61. The number of benzene rings is 3. The molecule has 4 rings (SSSR count). The number of nitrogens with one attached hydrogen (secondary N) is 1. The maximum atomic E-state index is 12.9. The zero-order valence-electron chi connectivity index (χ0n) is 17.7. The van der Waals surface area contributed by atoms with Gasteiger partial charge in [-0.1, -0.05) is 53.5 Å². The molecule has 0 aromatic heterocycles. The number of hydrogen-bond acceptors (Lipinski definition) is 5. The topological polar surface area (TPSA) is 75.7 Å². The number of carbonyl (C=O) groups excluding carboxylic acids is 3. The average molecular weight is 481 g/mol. The molecule has 2 amide bonds. The van der Waals surface area contributed by atoms with E-state index in [1.54, 1.807) is 48.5 Å². The van der Waals surface area contributed by atoms with Gasteiger partial charge in [-0.25, -0.2) is 9.69 Å². The van der Waals surface area contributed by atoms with Crippen molar-refractivity contribution in [3.8, 4) is 5.75 Å². The fourth-order valence-electron chi connectivity index (χ4n) is 3.41. The molecule has 166 valence electrons. The first kappa shape index (κ1) is 22.6. The highest BCUT2D eigenvalue weighted by Crippen LogP contribution is 2.34. The molecule has 0 spiro atoms. The molecule has 1 N–H and O–H groups in total. The van der Waals surface area contributed by atoms with E-state index < -0.39 is 17.8 Å². The van der Waals surface area contributed by atoms with Crippen LogP contribution in [0.1, 0.15) is 21.5 Å². The third-order valence-corrected chi connectivity index (χ3v) is 5.78. The van der Waals surface area contributed by atoms with Gasteiger partial charge >= 0.3 is 5.97 Å². The molecule has 6 nitrogen and oxygen atoms in total. The van der Waals surface area contributed by atoms with E-state index in [0.29, 0.717) is 17.0 Å². The standard InChI is InChI=1S/C25H18Cl2N2O4/c1-14-6-5-7-15(2)22(14)33-25(32)16-10-12-17(13-11-16)28-21-20(27)23(30)29(24(21)31)19-9-4-3-8-18(19)26/h3-13,28H,1-2H3. The first-order valence-electron chi connectivity index (χ1n) is 9.96. The van der Waals surface area contributed by atoms with E-state index in [1.807, 2.05) is 32.0 Å². The van der Waals surface area contributed by atoms with E-state index in [1.165, 1.54) is 0 Å². The number of rotatable bonds is 5. The smallest absolute Gasteiger partial charge is 0.343 e. The van der Waals surface area contributed by atoms with Crippen LogP contribution in [0.25, 0.3) is 0 Å². The predicted molar refractivity (Wildman–Crippen MR) is 128 cm³/mol. The summed E-state index contributed by atoms with van der Waals surface area (Å²) in [6.45, 7) is 3.73. The van der Waals surface area contributed by atoms with E-state index in [-0.39, 0.29) is 21.4 Å². The molecule has 8 heteroatoms. The fourth-order valence-corrected chi connectivity index (χ4v) is 3.84. The van der Waals surface area contributed by atoms with Crippen LogP contribution < -0.4 is 15.0 Å². The Morgan fingerprint density at radius 3 is 2.12 bits per heavy atom. The third kappa shape index (κ3) is 4.35. The second kappa shape index (κ2) is 9.10. The van der Waals surface area contributed by atoms with Crippen LogP contribution in [-0.2, 0) is 9.59 Å². The normalized spacial score (nSPS) is 13.5. The summed E-state index contributed by atoms with van der Waals surface area (Å²) in [5.74, 6) is -1.28. The fraction of sp³-hybridized carbons (Fsp3) is 0.0800. The Kier molecular flexibility index (Phi) is 6.22. The Morgan fingerprint density at radius 2 is 1.48 bits per heavy atom. The highest BCUT2D eigenvalue weighted by molar-refractivity contribution is 6.53. The summed E-state index contributed by atoms with van der Waals surface area (Å²) in [6, 6.07) is 18.4.